The van der Waals surface area contributed by atoms with E-state index in [0.29, 0.717) is 11.9 Å². The molecular formula is C8H12O3. The lowest BCUT2D eigenvalue weighted by Gasteiger charge is -2.06. The summed E-state index contributed by atoms with van der Waals surface area (Å²) < 4.78 is 4.46. The number of hydrogen-bond acceptors (Lipinski definition) is 3. The van der Waals surface area contributed by atoms with Crippen LogP contribution >= 0.6 is 0 Å². The van der Waals surface area contributed by atoms with Crippen LogP contribution in [0.2, 0.25) is 0 Å². The van der Waals surface area contributed by atoms with E-state index in [4.69, 9.17) is 0 Å². The maximum atomic E-state index is 10.9. The van der Waals surface area contributed by atoms with E-state index in [1.54, 1.807) is 0 Å². The summed E-state index contributed by atoms with van der Waals surface area (Å²) in [6.45, 7) is 3.65. The van der Waals surface area contributed by atoms with Gasteiger partial charge in [-0.2, -0.15) is 0 Å². The van der Waals surface area contributed by atoms with Gasteiger partial charge in [0.05, 0.1) is 7.11 Å². The summed E-state index contributed by atoms with van der Waals surface area (Å²) in [5.41, 5.74) is 0.405. The SMILES string of the molecule is COC(=O)/C(=C\C=O)C(C)C. The lowest BCUT2D eigenvalue weighted by Crippen LogP contribution is -2.10. The molecule has 0 heterocycles. The van der Waals surface area contributed by atoms with E-state index in [9.17, 15) is 9.59 Å². The fourth-order valence-electron chi connectivity index (χ4n) is 0.687. The molecule has 11 heavy (non-hydrogen) atoms. The summed E-state index contributed by atoms with van der Waals surface area (Å²) in [6.07, 6.45) is 1.82. The van der Waals surface area contributed by atoms with Gasteiger partial charge in [-0.05, 0) is 12.0 Å². The number of allylic oxidation sites excluding steroid dienone is 1. The molecule has 0 aromatic heterocycles. The van der Waals surface area contributed by atoms with Gasteiger partial charge in [0.25, 0.3) is 0 Å². The quantitative estimate of drug-likeness (QED) is 0.347. The van der Waals surface area contributed by atoms with E-state index in [0.717, 1.165) is 0 Å². The average molecular weight is 156 g/mol. The maximum Gasteiger partial charge on any atom is 0.334 e. The highest BCUT2D eigenvalue weighted by molar-refractivity contribution is 5.92. The molecule has 0 saturated heterocycles. The second kappa shape index (κ2) is 4.66. The third-order valence-electron chi connectivity index (χ3n) is 1.29. The van der Waals surface area contributed by atoms with Crippen molar-refractivity contribution in [3.63, 3.8) is 0 Å². The van der Waals surface area contributed by atoms with Crippen molar-refractivity contribution < 1.29 is 14.3 Å². The predicted octanol–water partition coefficient (Wildman–Crippen LogP) is 0.941. The summed E-state index contributed by atoms with van der Waals surface area (Å²) in [5.74, 6) is -0.417. The molecule has 62 valence electrons. The van der Waals surface area contributed by atoms with Crippen molar-refractivity contribution in [3.05, 3.63) is 11.6 Å². The standard InChI is InChI=1S/C8H12O3/c1-6(2)7(4-5-9)8(10)11-3/h4-6H,1-3H3/b7-4-. The molecule has 0 aliphatic rings. The molecule has 3 nitrogen and oxygen atoms in total. The summed E-state index contributed by atoms with van der Waals surface area (Å²) in [6, 6.07) is 0. The zero-order chi connectivity index (χ0) is 8.85. The van der Waals surface area contributed by atoms with Gasteiger partial charge in [0.15, 0.2) is 0 Å². The molecule has 0 spiro atoms. The summed E-state index contributed by atoms with van der Waals surface area (Å²) >= 11 is 0. The van der Waals surface area contributed by atoms with Crippen molar-refractivity contribution >= 4 is 12.3 Å². The van der Waals surface area contributed by atoms with Crippen molar-refractivity contribution in [2.24, 2.45) is 5.92 Å². The van der Waals surface area contributed by atoms with Gasteiger partial charge in [-0.15, -0.1) is 0 Å². The minimum absolute atomic E-state index is 0.0210. The number of carbonyl (C=O) groups is 2. The van der Waals surface area contributed by atoms with Crippen LogP contribution in [-0.2, 0) is 14.3 Å². The van der Waals surface area contributed by atoms with Gasteiger partial charge >= 0.3 is 5.97 Å². The Morgan fingerprint density at radius 1 is 1.45 bits per heavy atom. The molecule has 0 amide bonds. The van der Waals surface area contributed by atoms with E-state index in [2.05, 4.69) is 4.74 Å². The van der Waals surface area contributed by atoms with Gasteiger partial charge < -0.3 is 4.74 Å². The van der Waals surface area contributed by atoms with E-state index in [-0.39, 0.29) is 5.92 Å². The Morgan fingerprint density at radius 3 is 2.27 bits per heavy atom. The maximum absolute atomic E-state index is 10.9. The third-order valence-corrected chi connectivity index (χ3v) is 1.29. The highest BCUT2D eigenvalue weighted by Gasteiger charge is 2.12. The fraction of sp³-hybridized carbons (Fsp3) is 0.500. The van der Waals surface area contributed by atoms with Crippen LogP contribution in [0.1, 0.15) is 13.8 Å². The molecule has 0 aromatic rings. The number of rotatable bonds is 3. The van der Waals surface area contributed by atoms with Crippen molar-refractivity contribution in [2.45, 2.75) is 13.8 Å². The van der Waals surface area contributed by atoms with Crippen LogP contribution in [0.15, 0.2) is 11.6 Å². The number of hydrogen-bond donors (Lipinski definition) is 0. The monoisotopic (exact) mass is 156 g/mol. The van der Waals surface area contributed by atoms with E-state index < -0.39 is 5.97 Å². The molecule has 0 rings (SSSR count). The summed E-state index contributed by atoms with van der Waals surface area (Å²) in [5, 5.41) is 0. The molecule has 0 fully saturated rings. The molecule has 0 radical (unpaired) electrons. The number of aldehydes is 1. The average Bonchev–Trinajstić information content (AvgIpc) is 1.98. The van der Waals surface area contributed by atoms with Crippen LogP contribution in [0.3, 0.4) is 0 Å². The molecular weight excluding hydrogens is 144 g/mol. The molecule has 0 N–H and O–H groups in total. The minimum Gasteiger partial charge on any atom is -0.466 e. The van der Waals surface area contributed by atoms with Crippen LogP contribution in [0.4, 0.5) is 0 Å². The first-order valence-corrected chi connectivity index (χ1v) is 3.37. The zero-order valence-corrected chi connectivity index (χ0v) is 6.96. The molecule has 0 aliphatic heterocycles. The van der Waals surface area contributed by atoms with Crippen LogP contribution in [-0.4, -0.2) is 19.4 Å². The fourth-order valence-corrected chi connectivity index (χ4v) is 0.687. The summed E-state index contributed by atoms with van der Waals surface area (Å²) in [7, 11) is 1.29. The van der Waals surface area contributed by atoms with E-state index in [1.807, 2.05) is 13.8 Å². The largest absolute Gasteiger partial charge is 0.466 e. The van der Waals surface area contributed by atoms with Gasteiger partial charge in [-0.25, -0.2) is 4.79 Å². The highest BCUT2D eigenvalue weighted by Crippen LogP contribution is 2.09. The second-order valence-corrected chi connectivity index (χ2v) is 2.40. The summed E-state index contributed by atoms with van der Waals surface area (Å²) in [4.78, 5) is 20.9. The van der Waals surface area contributed by atoms with Crippen LogP contribution in [0, 0.1) is 5.92 Å². The Bertz CT molecular complexity index is 180. The van der Waals surface area contributed by atoms with Crippen LogP contribution in [0.5, 0.6) is 0 Å². The van der Waals surface area contributed by atoms with E-state index >= 15 is 0 Å². The Hall–Kier alpha value is -1.12. The number of esters is 1. The Balaban J connectivity index is 4.47. The first kappa shape index (κ1) is 9.88. The molecule has 0 aromatic carbocycles. The molecule has 3 heteroatoms. The van der Waals surface area contributed by atoms with Gasteiger partial charge in [-0.3, -0.25) is 4.79 Å². The van der Waals surface area contributed by atoms with Crippen molar-refractivity contribution in [3.8, 4) is 0 Å². The Kier molecular flexibility index (Phi) is 4.18. The predicted molar refractivity (Wildman–Crippen MR) is 41.0 cm³/mol. The smallest absolute Gasteiger partial charge is 0.334 e. The van der Waals surface area contributed by atoms with Gasteiger partial charge in [0, 0.05) is 5.57 Å². The minimum atomic E-state index is -0.438. The molecule has 0 saturated carbocycles. The first-order valence-electron chi connectivity index (χ1n) is 3.37. The molecule has 0 aliphatic carbocycles. The van der Waals surface area contributed by atoms with Crippen LogP contribution < -0.4 is 0 Å². The first-order chi connectivity index (χ1) is 5.13. The van der Waals surface area contributed by atoms with Gasteiger partial charge in [0.1, 0.15) is 6.29 Å². The number of carbonyl (C=O) groups excluding carboxylic acids is 2. The van der Waals surface area contributed by atoms with Gasteiger partial charge in [0.2, 0.25) is 0 Å². The topological polar surface area (TPSA) is 43.4 Å². The Morgan fingerprint density at radius 2 is 2.00 bits per heavy atom. The van der Waals surface area contributed by atoms with Crippen molar-refractivity contribution in [2.75, 3.05) is 7.11 Å². The van der Waals surface area contributed by atoms with Gasteiger partial charge in [-0.1, -0.05) is 13.8 Å². The third kappa shape index (κ3) is 2.98. The Labute approximate surface area is 66.0 Å². The zero-order valence-electron chi connectivity index (χ0n) is 6.96. The molecule has 0 unspecified atom stereocenters. The molecule has 0 atom stereocenters. The second-order valence-electron chi connectivity index (χ2n) is 2.40. The lowest BCUT2D eigenvalue weighted by atomic mass is 10.0. The number of methoxy groups -OCH3 is 1. The van der Waals surface area contributed by atoms with Crippen molar-refractivity contribution in [1.82, 2.24) is 0 Å². The molecule has 0 bridgehead atoms. The van der Waals surface area contributed by atoms with Crippen LogP contribution in [0.25, 0.3) is 0 Å². The lowest BCUT2D eigenvalue weighted by molar-refractivity contribution is -0.136. The van der Waals surface area contributed by atoms with Crippen molar-refractivity contribution in [1.29, 1.82) is 0 Å². The normalized spacial score (nSPS) is 11.5. The highest BCUT2D eigenvalue weighted by atomic mass is 16.5. The number of ether oxygens (including phenoxy) is 1. The van der Waals surface area contributed by atoms with E-state index in [1.165, 1.54) is 13.2 Å².